The highest BCUT2D eigenvalue weighted by Gasteiger charge is 2.29. The Labute approximate surface area is 131 Å². The van der Waals surface area contributed by atoms with Gasteiger partial charge in [0.2, 0.25) is 0 Å². The molecule has 0 saturated carbocycles. The molecule has 0 amide bonds. The second kappa shape index (κ2) is 6.95. The van der Waals surface area contributed by atoms with Crippen LogP contribution in [0.3, 0.4) is 0 Å². The van der Waals surface area contributed by atoms with E-state index in [0.29, 0.717) is 11.1 Å². The minimum absolute atomic E-state index is 0.000666. The van der Waals surface area contributed by atoms with Crippen LogP contribution < -0.4 is 0 Å². The van der Waals surface area contributed by atoms with Gasteiger partial charge >= 0.3 is 5.97 Å². The van der Waals surface area contributed by atoms with Crippen LogP contribution in [0.1, 0.15) is 42.2 Å². The van der Waals surface area contributed by atoms with Crippen molar-refractivity contribution in [2.45, 2.75) is 0 Å². The van der Waals surface area contributed by atoms with Crippen molar-refractivity contribution in [2.24, 2.45) is 0 Å². The maximum absolute atomic E-state index is 12.3. The molecule has 118 valence electrons. The third kappa shape index (κ3) is 3.18. The van der Waals surface area contributed by atoms with Crippen molar-refractivity contribution >= 4 is 17.5 Å². The zero-order valence-corrected chi connectivity index (χ0v) is 12.0. The zero-order valence-electron chi connectivity index (χ0n) is 12.0. The fourth-order valence-corrected chi connectivity index (χ4v) is 2.23. The highest BCUT2D eigenvalue weighted by molar-refractivity contribution is 6.28. The van der Waals surface area contributed by atoms with Crippen molar-refractivity contribution in [3.63, 3.8) is 0 Å². The van der Waals surface area contributed by atoms with Gasteiger partial charge in [0, 0.05) is 22.3 Å². The summed E-state index contributed by atoms with van der Waals surface area (Å²) >= 11 is 0. The lowest BCUT2D eigenvalue weighted by Gasteiger charge is -2.17. The van der Waals surface area contributed by atoms with Gasteiger partial charge in [-0.3, -0.25) is 9.59 Å². The summed E-state index contributed by atoms with van der Waals surface area (Å²) in [7, 11) is 0. The summed E-state index contributed by atoms with van der Waals surface area (Å²) < 4.78 is 0. The van der Waals surface area contributed by atoms with Crippen LogP contribution in [0.4, 0.5) is 0 Å². The van der Waals surface area contributed by atoms with E-state index in [2.05, 4.69) is 0 Å². The molecule has 0 fully saturated rings. The predicted molar refractivity (Wildman–Crippen MR) is 80.9 cm³/mol. The molecule has 0 aliphatic heterocycles. The first kappa shape index (κ1) is 16.5. The summed E-state index contributed by atoms with van der Waals surface area (Å²) in [5.41, 5.74) is 1.10. The van der Waals surface area contributed by atoms with Gasteiger partial charge in [-0.05, 0) is 18.2 Å². The second-order valence-corrected chi connectivity index (χ2v) is 4.72. The summed E-state index contributed by atoms with van der Waals surface area (Å²) in [6, 6.07) is 10.5. The van der Waals surface area contributed by atoms with Crippen LogP contribution in [0.15, 0.2) is 42.5 Å². The number of aliphatic hydroxyl groups is 2. The molecule has 23 heavy (non-hydrogen) atoms. The molecule has 6 nitrogen and oxygen atoms in total. The van der Waals surface area contributed by atoms with E-state index in [9.17, 15) is 14.4 Å². The number of carbonyl (C=O) groups excluding carboxylic acids is 2. The number of hydrogen-bond acceptors (Lipinski definition) is 5. The van der Waals surface area contributed by atoms with Crippen LogP contribution in [-0.2, 0) is 0 Å². The number of benzene rings is 2. The van der Waals surface area contributed by atoms with E-state index in [-0.39, 0.29) is 41.5 Å². The van der Waals surface area contributed by atoms with Crippen LogP contribution in [0.2, 0.25) is 0 Å². The highest BCUT2D eigenvalue weighted by Crippen LogP contribution is 2.27. The number of carboxylic acid groups (broad SMARTS) is 1. The fraction of sp³-hybridized carbons (Fsp3) is 0.118. The van der Waals surface area contributed by atoms with E-state index in [0.717, 1.165) is 0 Å². The summed E-state index contributed by atoms with van der Waals surface area (Å²) in [5, 5.41) is 24.2. The molecule has 2 aromatic rings. The van der Waals surface area contributed by atoms with Crippen LogP contribution in [0.25, 0.3) is 0 Å². The number of ketones is 2. The molecule has 1 aliphatic carbocycles. The lowest BCUT2D eigenvalue weighted by Crippen LogP contribution is -2.21. The topological polar surface area (TPSA) is 112 Å². The van der Waals surface area contributed by atoms with Gasteiger partial charge in [0.15, 0.2) is 11.6 Å². The highest BCUT2D eigenvalue weighted by atomic mass is 16.4. The molecule has 0 spiro atoms. The van der Waals surface area contributed by atoms with Gasteiger partial charge < -0.3 is 15.3 Å². The van der Waals surface area contributed by atoms with E-state index in [1.165, 1.54) is 18.2 Å². The van der Waals surface area contributed by atoms with Gasteiger partial charge in [-0.25, -0.2) is 4.79 Å². The van der Waals surface area contributed by atoms with Gasteiger partial charge in [0.25, 0.3) is 0 Å². The number of rotatable bonds is 2. The Balaban J connectivity index is 0.000000433. The molecule has 0 unspecified atom stereocenters. The lowest BCUT2D eigenvalue weighted by molar-refractivity contribution is 0.0696. The number of carbonyl (C=O) groups is 3. The fourth-order valence-electron chi connectivity index (χ4n) is 2.23. The molecule has 0 radical (unpaired) electrons. The third-order valence-electron chi connectivity index (χ3n) is 3.27. The number of hydrogen-bond donors (Lipinski definition) is 3. The van der Waals surface area contributed by atoms with Crippen molar-refractivity contribution in [2.75, 3.05) is 13.2 Å². The van der Waals surface area contributed by atoms with Gasteiger partial charge in [0.05, 0.1) is 18.8 Å². The van der Waals surface area contributed by atoms with Crippen molar-refractivity contribution in [3.05, 3.63) is 70.3 Å². The first-order valence-corrected chi connectivity index (χ1v) is 6.78. The van der Waals surface area contributed by atoms with Crippen molar-refractivity contribution in [3.8, 4) is 0 Å². The minimum atomic E-state index is -1.12. The van der Waals surface area contributed by atoms with Gasteiger partial charge in [-0.1, -0.05) is 24.3 Å². The van der Waals surface area contributed by atoms with E-state index in [1.807, 2.05) is 0 Å². The quantitative estimate of drug-likeness (QED) is 0.654. The SMILES string of the molecule is O=C(O)c1ccc2c(c1)C(=O)c1ccccc1C2=O.OCCO. The Bertz CT molecular complexity index is 776. The smallest absolute Gasteiger partial charge is 0.335 e. The van der Waals surface area contributed by atoms with Crippen LogP contribution in [0, 0.1) is 0 Å². The van der Waals surface area contributed by atoms with E-state index in [1.54, 1.807) is 24.3 Å². The van der Waals surface area contributed by atoms with Crippen LogP contribution in [0.5, 0.6) is 0 Å². The maximum atomic E-state index is 12.3. The normalized spacial score (nSPS) is 11.9. The van der Waals surface area contributed by atoms with Gasteiger partial charge in [-0.2, -0.15) is 0 Å². The number of aromatic carboxylic acids is 1. The predicted octanol–water partition coefficient (Wildman–Crippen LogP) is 1.13. The molecule has 3 rings (SSSR count). The number of carboxylic acids is 1. The standard InChI is InChI=1S/C15H8O4.C2H6O2/c16-13-9-3-1-2-4-10(9)14(17)12-7-8(15(18)19)5-6-11(12)13;3-1-2-4/h1-7H,(H,18,19);3-4H,1-2H2. The van der Waals surface area contributed by atoms with Crippen molar-refractivity contribution in [1.29, 1.82) is 0 Å². The zero-order chi connectivity index (χ0) is 17.0. The minimum Gasteiger partial charge on any atom is -0.478 e. The average molecular weight is 314 g/mol. The Morgan fingerprint density at radius 2 is 1.26 bits per heavy atom. The summed E-state index contributed by atoms with van der Waals surface area (Å²) in [5.74, 6) is -1.68. The average Bonchev–Trinajstić information content (AvgIpc) is 2.59. The molecule has 1 aliphatic rings. The number of fused-ring (bicyclic) bond motifs is 2. The summed E-state index contributed by atoms with van der Waals surface area (Å²) in [6.45, 7) is -0.250. The molecule has 2 aromatic carbocycles. The Kier molecular flexibility index (Phi) is 5.00. The van der Waals surface area contributed by atoms with Crippen molar-refractivity contribution < 1.29 is 29.7 Å². The first-order valence-electron chi connectivity index (χ1n) is 6.78. The van der Waals surface area contributed by atoms with Gasteiger partial charge in [0.1, 0.15) is 0 Å². The molecule has 0 heterocycles. The molecule has 0 aromatic heterocycles. The number of aliphatic hydroxyl groups excluding tert-OH is 2. The molecular weight excluding hydrogens is 300 g/mol. The largest absolute Gasteiger partial charge is 0.478 e. The van der Waals surface area contributed by atoms with E-state index in [4.69, 9.17) is 15.3 Å². The third-order valence-corrected chi connectivity index (χ3v) is 3.27. The summed E-state index contributed by atoms with van der Waals surface area (Å²) in [4.78, 5) is 35.4. The Morgan fingerprint density at radius 3 is 1.74 bits per heavy atom. The molecule has 0 bridgehead atoms. The summed E-state index contributed by atoms with van der Waals surface area (Å²) in [6.07, 6.45) is 0. The van der Waals surface area contributed by atoms with Gasteiger partial charge in [-0.15, -0.1) is 0 Å². The van der Waals surface area contributed by atoms with Crippen LogP contribution >= 0.6 is 0 Å². The second-order valence-electron chi connectivity index (χ2n) is 4.72. The lowest BCUT2D eigenvalue weighted by atomic mass is 9.83. The van der Waals surface area contributed by atoms with Crippen molar-refractivity contribution in [1.82, 2.24) is 0 Å². The molecule has 0 atom stereocenters. The Morgan fingerprint density at radius 1 is 0.783 bits per heavy atom. The van der Waals surface area contributed by atoms with Crippen LogP contribution in [-0.4, -0.2) is 46.1 Å². The van der Waals surface area contributed by atoms with E-state index < -0.39 is 5.97 Å². The molecule has 6 heteroatoms. The monoisotopic (exact) mass is 314 g/mol. The Hall–Kier alpha value is -2.83. The molecule has 3 N–H and O–H groups in total. The molecule has 0 saturated heterocycles. The first-order chi connectivity index (χ1) is 11.0. The molecular formula is C17H14O6. The maximum Gasteiger partial charge on any atom is 0.335 e. The van der Waals surface area contributed by atoms with E-state index >= 15 is 0 Å².